The Morgan fingerprint density at radius 3 is 2.17 bits per heavy atom. The molecule has 0 radical (unpaired) electrons. The highest BCUT2D eigenvalue weighted by atomic mass is 16.6. The van der Waals surface area contributed by atoms with E-state index < -0.39 is 77.8 Å². The van der Waals surface area contributed by atoms with Crippen LogP contribution in [-0.4, -0.2) is 188 Å². The highest BCUT2D eigenvalue weighted by Gasteiger charge is 2.57. The van der Waals surface area contributed by atoms with Gasteiger partial charge in [0.15, 0.2) is 5.78 Å². The normalized spacial score (nSPS) is 38.7. The predicted molar refractivity (Wildman–Crippen MR) is 289 cm³/mol. The zero-order chi connectivity index (χ0) is 56.5. The van der Waals surface area contributed by atoms with Gasteiger partial charge in [0, 0.05) is 71.5 Å². The number of carbonyl (C=O) groups excluding carboxylic acids is 5. The van der Waals surface area contributed by atoms with Crippen molar-refractivity contribution in [2.24, 2.45) is 41.4 Å². The van der Waals surface area contributed by atoms with E-state index in [1.807, 2.05) is 51.2 Å². The summed E-state index contributed by atoms with van der Waals surface area (Å²) in [6, 6.07) is -1.13. The molecule has 4 saturated heterocycles. The summed E-state index contributed by atoms with van der Waals surface area (Å²) in [5.41, 5.74) is 1.51. The molecule has 5 heterocycles. The first-order valence-corrected chi connectivity index (χ1v) is 28.7. The van der Waals surface area contributed by atoms with Gasteiger partial charge in [-0.15, -0.1) is 0 Å². The number of hydrogen-bond donors (Lipinski definition) is 1. The molecule has 0 aromatic heterocycles. The van der Waals surface area contributed by atoms with E-state index in [1.165, 1.54) is 19.1 Å². The van der Waals surface area contributed by atoms with Crippen molar-refractivity contribution < 1.29 is 81.2 Å². The van der Waals surface area contributed by atoms with Crippen LogP contribution in [0.2, 0.25) is 0 Å². The molecule has 16 atom stereocenters. The van der Waals surface area contributed by atoms with E-state index in [0.717, 1.165) is 18.4 Å². The molecule has 1 aliphatic carbocycles. The number of allylic oxidation sites excluding steroid dienone is 6. The Balaban J connectivity index is 1.31. The minimum Gasteiger partial charge on any atom is -0.460 e. The van der Waals surface area contributed by atoms with Crippen LogP contribution in [0, 0.1) is 41.4 Å². The molecule has 6 aliphatic rings. The van der Waals surface area contributed by atoms with Crippen LogP contribution in [0.3, 0.4) is 0 Å². The van der Waals surface area contributed by atoms with Crippen LogP contribution in [0.5, 0.6) is 0 Å². The number of esters is 1. The Hall–Kier alpha value is -3.53. The summed E-state index contributed by atoms with van der Waals surface area (Å²) in [6.07, 6.45) is 13.0. The van der Waals surface area contributed by atoms with Crippen molar-refractivity contribution in [3.05, 3.63) is 47.6 Å². The van der Waals surface area contributed by atoms with Gasteiger partial charge in [0.1, 0.15) is 36.2 Å². The van der Waals surface area contributed by atoms with Crippen LogP contribution in [0.1, 0.15) is 112 Å². The average molecular weight is 1100 g/mol. The minimum absolute atomic E-state index is 0.0334. The monoisotopic (exact) mass is 1100 g/mol. The molecule has 4 bridgehead atoms. The Morgan fingerprint density at radius 1 is 0.744 bits per heavy atom. The molecule has 18 nitrogen and oxygen atoms in total. The fourth-order valence-corrected chi connectivity index (χ4v) is 12.5. The summed E-state index contributed by atoms with van der Waals surface area (Å²) >= 11 is 0. The molecule has 1 saturated carbocycles. The molecule has 5 aliphatic heterocycles. The molecule has 1 amide bonds. The van der Waals surface area contributed by atoms with Gasteiger partial charge in [-0.1, -0.05) is 64.2 Å². The molecule has 2 unspecified atom stereocenters. The lowest BCUT2D eigenvalue weighted by molar-refractivity contribution is -0.266. The summed E-state index contributed by atoms with van der Waals surface area (Å²) in [4.78, 5) is 74.0. The van der Waals surface area contributed by atoms with Gasteiger partial charge >= 0.3 is 5.97 Å². The van der Waals surface area contributed by atoms with Crippen molar-refractivity contribution in [2.75, 3.05) is 87.8 Å². The molecule has 440 valence electrons. The first-order valence-electron chi connectivity index (χ1n) is 28.7. The van der Waals surface area contributed by atoms with Crippen LogP contribution in [0.4, 0.5) is 0 Å². The Labute approximate surface area is 463 Å². The topological polar surface area (TPSA) is 210 Å². The van der Waals surface area contributed by atoms with Crippen LogP contribution in [-0.2, 0) is 76.1 Å². The number of rotatable bonds is 17. The Kier molecular flexibility index (Phi) is 25.3. The van der Waals surface area contributed by atoms with Crippen LogP contribution >= 0.6 is 0 Å². The zero-order valence-electron chi connectivity index (χ0n) is 48.3. The molecule has 0 spiro atoms. The van der Waals surface area contributed by atoms with E-state index in [-0.39, 0.29) is 79.5 Å². The van der Waals surface area contributed by atoms with Crippen LogP contribution in [0.25, 0.3) is 0 Å². The third-order valence-electron chi connectivity index (χ3n) is 17.2. The summed E-state index contributed by atoms with van der Waals surface area (Å²) in [5.74, 6) is -8.05. The van der Waals surface area contributed by atoms with Crippen LogP contribution in [0.15, 0.2) is 47.6 Å². The number of carbonyl (C=O) groups is 5. The highest BCUT2D eigenvalue weighted by Crippen LogP contribution is 2.46. The average Bonchev–Trinajstić information content (AvgIpc) is 3.59. The third-order valence-corrected chi connectivity index (χ3v) is 17.2. The minimum atomic E-state index is -2.48. The molecule has 18 heteroatoms. The second kappa shape index (κ2) is 31.1. The molecule has 5 fully saturated rings. The number of ketones is 3. The van der Waals surface area contributed by atoms with E-state index in [2.05, 4.69) is 6.92 Å². The maximum atomic E-state index is 14.8. The summed E-state index contributed by atoms with van der Waals surface area (Å²) in [6.45, 7) is 14.7. The second-order valence-corrected chi connectivity index (χ2v) is 22.8. The molecule has 1 N–H and O–H groups in total. The lowest BCUT2D eigenvalue weighted by Crippen LogP contribution is -2.65. The number of amides is 1. The second-order valence-electron chi connectivity index (χ2n) is 22.8. The van der Waals surface area contributed by atoms with Crippen molar-refractivity contribution in [2.45, 2.75) is 173 Å². The van der Waals surface area contributed by atoms with E-state index in [1.54, 1.807) is 34.1 Å². The molecular formula is C60H93NO17. The van der Waals surface area contributed by atoms with Crippen molar-refractivity contribution in [1.29, 1.82) is 0 Å². The first-order chi connectivity index (χ1) is 37.4. The van der Waals surface area contributed by atoms with Gasteiger partial charge in [-0.25, -0.2) is 4.79 Å². The smallest absolute Gasteiger partial charge is 0.329 e. The fourth-order valence-electron chi connectivity index (χ4n) is 12.5. The number of nitrogens with zero attached hydrogens (tertiary/aromatic N) is 1. The number of ether oxygens (including phenoxy) is 11. The Bertz CT molecular complexity index is 2090. The number of hydrogen-bond acceptors (Lipinski definition) is 17. The Morgan fingerprint density at radius 2 is 1.47 bits per heavy atom. The van der Waals surface area contributed by atoms with Gasteiger partial charge in [-0.05, 0) is 101 Å². The molecular weight excluding hydrogens is 1010 g/mol. The van der Waals surface area contributed by atoms with Crippen molar-refractivity contribution in [3.63, 3.8) is 0 Å². The SMILES string of the molecule is COCCO[C@@H]1CC[C@@H](CC2[C@H]3CCCN4C(=O)C(=O)[C@]5(O)O[C@@H](CC[C@H]5C)C[C@H](OCCOCCOC5COC5)/C(C)=C/C=C/C=C/[C@@H](C)C[C@@H](C)C(=O)[C@H](OC)[C@H](OC)/C(C)=C/[C@@H](C)C(=O)C[C@@H]2OC(=O)C34)C[C@H]1OC. The first kappa shape index (κ1) is 63.6. The van der Waals surface area contributed by atoms with Gasteiger partial charge in [-0.3, -0.25) is 19.2 Å². The largest absolute Gasteiger partial charge is 0.460 e. The maximum Gasteiger partial charge on any atom is 0.329 e. The molecule has 0 aromatic rings. The molecule has 6 rings (SSSR count). The number of methoxy groups -OCH3 is 4. The van der Waals surface area contributed by atoms with E-state index >= 15 is 0 Å². The van der Waals surface area contributed by atoms with E-state index in [9.17, 15) is 29.1 Å². The van der Waals surface area contributed by atoms with Crippen LogP contribution < -0.4 is 0 Å². The molecule has 78 heavy (non-hydrogen) atoms. The lowest BCUT2D eigenvalue weighted by atomic mass is 9.68. The van der Waals surface area contributed by atoms with Crippen molar-refractivity contribution >= 4 is 29.2 Å². The van der Waals surface area contributed by atoms with Gasteiger partial charge in [-0.2, -0.15) is 0 Å². The number of Topliss-reactive ketones (excluding diaryl/α,β-unsaturated/α-hetero) is 3. The number of aliphatic hydroxyl groups is 1. The summed E-state index contributed by atoms with van der Waals surface area (Å²) in [5, 5.41) is 12.4. The maximum absolute atomic E-state index is 14.8. The fraction of sp³-hybridized carbons (Fsp3) is 0.783. The zero-order valence-corrected chi connectivity index (χ0v) is 48.3. The highest BCUT2D eigenvalue weighted by molar-refractivity contribution is 6.39. The van der Waals surface area contributed by atoms with Gasteiger partial charge in [0.25, 0.3) is 11.7 Å². The predicted octanol–water partition coefficient (Wildman–Crippen LogP) is 6.53. The van der Waals surface area contributed by atoms with Crippen molar-refractivity contribution in [3.8, 4) is 0 Å². The van der Waals surface area contributed by atoms with Crippen molar-refractivity contribution in [1.82, 2.24) is 4.90 Å². The quantitative estimate of drug-likeness (QED) is 0.0711. The third kappa shape index (κ3) is 16.8. The van der Waals surface area contributed by atoms with E-state index in [4.69, 9.17) is 52.1 Å². The number of fused-ring (bicyclic) bond motifs is 4. The van der Waals surface area contributed by atoms with Gasteiger partial charge in [0.2, 0.25) is 5.79 Å². The summed E-state index contributed by atoms with van der Waals surface area (Å²) < 4.78 is 65.0. The van der Waals surface area contributed by atoms with E-state index in [0.29, 0.717) is 96.8 Å². The number of piperidine rings is 1. The van der Waals surface area contributed by atoms with Gasteiger partial charge in [0.05, 0.1) is 77.3 Å². The lowest BCUT2D eigenvalue weighted by Gasteiger charge is -2.50. The summed E-state index contributed by atoms with van der Waals surface area (Å²) in [7, 11) is 6.31. The standard InChI is InChI=1S/C60H93NO17/c1-37-15-12-11-13-16-38(2)50(76-28-25-72-24-27-74-45-35-73-36-45)33-44-20-18-42(6)60(67,78-44)57(64)58(65)61-22-14-17-46-47(31-43-19-21-49(52(32-43)69-8)75-26-23-68-7)51(77-59(66)53(46)61)34-48(62)39(3)30-41(5)55(70-9)56(71-10)54(63)40(4)29-37/h11-13,15-16,30,37,39-40,42-47,49-53,55-56,67H,14,17-29,31-36H2,1-10H3/b13-11+,15-12+,38-16+,41-30+/t37-,39-,40-,42-,43+,44+,46-,47?,49-,50+,51+,52-,53?,55-,56+,60-/m1/s1. The molecule has 0 aromatic carbocycles. The van der Waals surface area contributed by atoms with Gasteiger partial charge < -0.3 is 62.1 Å².